The number of benzene rings is 2. The van der Waals surface area contributed by atoms with Gasteiger partial charge in [0.1, 0.15) is 17.4 Å². The topological polar surface area (TPSA) is 31.2 Å². The quantitative estimate of drug-likeness (QED) is 0.647. The Balaban J connectivity index is 2.42. The summed E-state index contributed by atoms with van der Waals surface area (Å²) >= 11 is 6.36. The summed E-state index contributed by atoms with van der Waals surface area (Å²) in [5.74, 6) is -0.864. The Morgan fingerprint density at radius 1 is 1.04 bits per heavy atom. The van der Waals surface area contributed by atoms with E-state index in [0.717, 1.165) is 12.1 Å². The molecule has 0 unspecified atom stereocenters. The number of pyridine rings is 1. The number of nitrogens with zero attached hydrogens (tertiary/aromatic N) is 1. The number of halogens is 3. The molecule has 2 aromatic carbocycles. The lowest BCUT2D eigenvalue weighted by Crippen LogP contribution is -2.20. The Hall–Kier alpha value is -2.66. The monoisotopic (exact) mass is 375 g/mol. The molecular formula is C20H16ClF2NO2. The summed E-state index contributed by atoms with van der Waals surface area (Å²) in [5.41, 5.74) is 1.72. The fourth-order valence-electron chi connectivity index (χ4n) is 2.97. The van der Waals surface area contributed by atoms with E-state index in [0.29, 0.717) is 33.0 Å². The van der Waals surface area contributed by atoms with Crippen LogP contribution in [0.25, 0.3) is 22.3 Å². The number of ether oxygens (including phenoxy) is 1. The van der Waals surface area contributed by atoms with E-state index < -0.39 is 11.6 Å². The van der Waals surface area contributed by atoms with Crippen LogP contribution in [0.15, 0.2) is 47.4 Å². The lowest BCUT2D eigenvalue weighted by atomic mass is 9.92. The zero-order valence-corrected chi connectivity index (χ0v) is 15.2. The molecule has 3 rings (SSSR count). The lowest BCUT2D eigenvalue weighted by molar-refractivity contribution is 0.415. The molecule has 6 heteroatoms. The van der Waals surface area contributed by atoms with Crippen molar-refractivity contribution in [2.45, 2.75) is 6.92 Å². The molecule has 0 aliphatic heterocycles. The molecule has 0 saturated carbocycles. The molecule has 0 saturated heterocycles. The van der Waals surface area contributed by atoms with Crippen molar-refractivity contribution in [2.75, 3.05) is 7.11 Å². The third-order valence-electron chi connectivity index (χ3n) is 4.27. The van der Waals surface area contributed by atoms with Crippen LogP contribution in [0.5, 0.6) is 5.75 Å². The van der Waals surface area contributed by atoms with Gasteiger partial charge in [-0.15, -0.1) is 0 Å². The highest BCUT2D eigenvalue weighted by molar-refractivity contribution is 6.33. The predicted molar refractivity (Wildman–Crippen MR) is 98.8 cm³/mol. The van der Waals surface area contributed by atoms with Crippen molar-refractivity contribution in [3.05, 3.63) is 75.2 Å². The second-order valence-electron chi connectivity index (χ2n) is 5.93. The van der Waals surface area contributed by atoms with Crippen molar-refractivity contribution in [1.82, 2.24) is 4.57 Å². The predicted octanol–water partition coefficient (Wildman–Crippen LogP) is 4.97. The van der Waals surface area contributed by atoms with Crippen molar-refractivity contribution in [2.24, 2.45) is 7.05 Å². The number of hydrogen-bond donors (Lipinski definition) is 0. The summed E-state index contributed by atoms with van der Waals surface area (Å²) in [6.07, 6.45) is 1.59. The largest absolute Gasteiger partial charge is 0.497 e. The molecule has 0 aliphatic carbocycles. The fourth-order valence-corrected chi connectivity index (χ4v) is 3.19. The van der Waals surface area contributed by atoms with Crippen molar-refractivity contribution in [1.29, 1.82) is 0 Å². The van der Waals surface area contributed by atoms with E-state index in [9.17, 15) is 13.6 Å². The minimum Gasteiger partial charge on any atom is -0.497 e. The first-order chi connectivity index (χ1) is 12.3. The number of aromatic nitrogens is 1. The molecule has 26 heavy (non-hydrogen) atoms. The molecule has 0 amide bonds. The second kappa shape index (κ2) is 6.92. The van der Waals surface area contributed by atoms with Crippen LogP contribution < -0.4 is 10.3 Å². The van der Waals surface area contributed by atoms with E-state index in [1.165, 1.54) is 17.7 Å². The van der Waals surface area contributed by atoms with Crippen molar-refractivity contribution in [3.8, 4) is 28.0 Å². The van der Waals surface area contributed by atoms with Crippen LogP contribution in [0.1, 0.15) is 5.56 Å². The Kier molecular flexibility index (Phi) is 4.83. The lowest BCUT2D eigenvalue weighted by Gasteiger charge is -2.17. The van der Waals surface area contributed by atoms with E-state index in [1.807, 2.05) is 0 Å². The molecular weight excluding hydrogens is 360 g/mol. The van der Waals surface area contributed by atoms with Crippen molar-refractivity contribution >= 4 is 11.6 Å². The van der Waals surface area contributed by atoms with Crippen molar-refractivity contribution in [3.63, 3.8) is 0 Å². The molecule has 0 fully saturated rings. The highest BCUT2D eigenvalue weighted by Gasteiger charge is 2.20. The SMILES string of the molecule is COc1ccc(Cl)c(-c2cn(C)c(=O)c(C)c2-c2ccc(F)cc2F)c1. The zero-order chi connectivity index (χ0) is 19.0. The second-order valence-corrected chi connectivity index (χ2v) is 6.34. The molecule has 0 spiro atoms. The summed E-state index contributed by atoms with van der Waals surface area (Å²) in [5, 5.41) is 0.424. The van der Waals surface area contributed by atoms with Crippen LogP contribution >= 0.6 is 11.6 Å². The van der Waals surface area contributed by atoms with Gasteiger partial charge >= 0.3 is 0 Å². The Labute approximate surface area is 154 Å². The van der Waals surface area contributed by atoms with Gasteiger partial charge in [-0.3, -0.25) is 4.79 Å². The van der Waals surface area contributed by atoms with E-state index in [2.05, 4.69) is 0 Å². The van der Waals surface area contributed by atoms with Crippen LogP contribution in [0.3, 0.4) is 0 Å². The summed E-state index contributed by atoms with van der Waals surface area (Å²) in [4.78, 5) is 12.4. The Morgan fingerprint density at radius 3 is 2.42 bits per heavy atom. The van der Waals surface area contributed by atoms with Gasteiger partial charge in [0.15, 0.2) is 0 Å². The maximum absolute atomic E-state index is 14.5. The molecule has 134 valence electrons. The number of methoxy groups -OCH3 is 1. The first-order valence-electron chi connectivity index (χ1n) is 7.83. The fraction of sp³-hybridized carbons (Fsp3) is 0.150. The zero-order valence-electron chi connectivity index (χ0n) is 14.4. The third kappa shape index (κ3) is 3.10. The molecule has 0 aliphatic rings. The number of hydrogen-bond acceptors (Lipinski definition) is 2. The maximum Gasteiger partial charge on any atom is 0.253 e. The van der Waals surface area contributed by atoms with Gasteiger partial charge in [0, 0.05) is 52.2 Å². The average Bonchev–Trinajstić information content (AvgIpc) is 2.61. The smallest absolute Gasteiger partial charge is 0.253 e. The highest BCUT2D eigenvalue weighted by atomic mass is 35.5. The van der Waals surface area contributed by atoms with E-state index in [4.69, 9.17) is 16.3 Å². The van der Waals surface area contributed by atoms with Gasteiger partial charge in [0.2, 0.25) is 0 Å². The number of aryl methyl sites for hydroxylation is 1. The molecule has 1 aromatic heterocycles. The Bertz CT molecular complexity index is 1060. The summed E-state index contributed by atoms with van der Waals surface area (Å²) < 4.78 is 34.5. The minimum atomic E-state index is -0.748. The van der Waals surface area contributed by atoms with Gasteiger partial charge < -0.3 is 9.30 Å². The van der Waals surface area contributed by atoms with E-state index in [1.54, 1.807) is 38.4 Å². The standard InChI is InChI=1S/C20H16ClF2NO2/c1-11-19(14-6-4-12(22)8-18(14)23)16(10-24(2)20(11)25)15-9-13(26-3)5-7-17(15)21/h4-10H,1-3H3. The van der Waals surface area contributed by atoms with Gasteiger partial charge in [-0.25, -0.2) is 8.78 Å². The van der Waals surface area contributed by atoms with Gasteiger partial charge in [-0.05, 0) is 37.3 Å². The van der Waals surface area contributed by atoms with E-state index in [-0.39, 0.29) is 11.1 Å². The van der Waals surface area contributed by atoms with Gasteiger partial charge in [-0.1, -0.05) is 11.6 Å². The normalized spacial score (nSPS) is 10.8. The molecule has 0 atom stereocenters. The molecule has 0 bridgehead atoms. The number of rotatable bonds is 3. The molecule has 3 nitrogen and oxygen atoms in total. The molecule has 0 N–H and O–H groups in total. The Morgan fingerprint density at radius 2 is 1.77 bits per heavy atom. The molecule has 0 radical (unpaired) electrons. The van der Waals surface area contributed by atoms with Crippen molar-refractivity contribution < 1.29 is 13.5 Å². The summed E-state index contributed by atoms with van der Waals surface area (Å²) in [6.45, 7) is 1.61. The van der Waals surface area contributed by atoms with Crippen LogP contribution in [0.2, 0.25) is 5.02 Å². The first-order valence-corrected chi connectivity index (χ1v) is 8.21. The third-order valence-corrected chi connectivity index (χ3v) is 4.60. The summed E-state index contributed by atoms with van der Waals surface area (Å²) in [7, 11) is 3.14. The van der Waals surface area contributed by atoms with Crippen LogP contribution in [0.4, 0.5) is 8.78 Å². The molecule has 1 heterocycles. The van der Waals surface area contributed by atoms with Crippen LogP contribution in [-0.4, -0.2) is 11.7 Å². The highest BCUT2D eigenvalue weighted by Crippen LogP contribution is 2.39. The van der Waals surface area contributed by atoms with Gasteiger partial charge in [0.05, 0.1) is 7.11 Å². The summed E-state index contributed by atoms with van der Waals surface area (Å²) in [6, 6.07) is 8.37. The van der Waals surface area contributed by atoms with Gasteiger partial charge in [-0.2, -0.15) is 0 Å². The van der Waals surface area contributed by atoms with Crippen LogP contribution in [0, 0.1) is 18.6 Å². The van der Waals surface area contributed by atoms with Gasteiger partial charge in [0.25, 0.3) is 5.56 Å². The van der Waals surface area contributed by atoms with E-state index >= 15 is 0 Å². The first kappa shape index (κ1) is 18.1. The minimum absolute atomic E-state index is 0.135. The average molecular weight is 376 g/mol. The molecule has 3 aromatic rings. The maximum atomic E-state index is 14.5. The van der Waals surface area contributed by atoms with Crippen LogP contribution in [-0.2, 0) is 7.05 Å².